The average molecular weight is 457 g/mol. The van der Waals surface area contributed by atoms with E-state index in [1.807, 2.05) is 19.1 Å². The fraction of sp³-hybridized carbons (Fsp3) is 0.280. The second kappa shape index (κ2) is 11.1. The van der Waals surface area contributed by atoms with Crippen LogP contribution in [0.25, 0.3) is 11.1 Å². The van der Waals surface area contributed by atoms with Gasteiger partial charge in [-0.3, -0.25) is 9.78 Å². The zero-order valence-corrected chi connectivity index (χ0v) is 19.1. The fourth-order valence-corrected chi connectivity index (χ4v) is 3.54. The van der Waals surface area contributed by atoms with Crippen LogP contribution in [0.5, 0.6) is 5.75 Å². The number of hydrogen-bond acceptors (Lipinski definition) is 4. The topological polar surface area (TPSA) is 60.5 Å². The lowest BCUT2D eigenvalue weighted by Crippen LogP contribution is -2.34. The SMILES string of the molecule is CCOC(C)C(=O)NCc1ccc(Cc2ccc(OC)c(-c3cccc(Cl)c3)c2F)cn1. The maximum atomic E-state index is 15.4. The number of ether oxygens (including phenoxy) is 2. The summed E-state index contributed by atoms with van der Waals surface area (Å²) in [5, 5.41) is 3.32. The molecular weight excluding hydrogens is 431 g/mol. The Bertz CT molecular complexity index is 1070. The lowest BCUT2D eigenvalue weighted by molar-refractivity contribution is -0.131. The minimum Gasteiger partial charge on any atom is -0.496 e. The Morgan fingerprint density at radius 1 is 1.22 bits per heavy atom. The first-order chi connectivity index (χ1) is 15.4. The molecule has 2 aromatic carbocycles. The fourth-order valence-electron chi connectivity index (χ4n) is 3.35. The molecule has 0 fully saturated rings. The van der Waals surface area contributed by atoms with Crippen molar-refractivity contribution in [3.8, 4) is 16.9 Å². The first kappa shape index (κ1) is 23.7. The van der Waals surface area contributed by atoms with Gasteiger partial charge in [0.1, 0.15) is 17.7 Å². The molecule has 3 aromatic rings. The number of methoxy groups -OCH3 is 1. The minimum atomic E-state index is -0.508. The Kier molecular flexibility index (Phi) is 8.20. The molecule has 1 aromatic heterocycles. The largest absolute Gasteiger partial charge is 0.496 e. The molecule has 7 heteroatoms. The summed E-state index contributed by atoms with van der Waals surface area (Å²) >= 11 is 6.10. The Morgan fingerprint density at radius 3 is 2.69 bits per heavy atom. The summed E-state index contributed by atoms with van der Waals surface area (Å²) in [4.78, 5) is 16.3. The number of amides is 1. The van der Waals surface area contributed by atoms with Gasteiger partial charge in [0.15, 0.2) is 0 Å². The Labute approximate surface area is 192 Å². The second-order valence-corrected chi connectivity index (χ2v) is 7.71. The standard InChI is InChI=1S/C25H26ClFN2O3/c1-4-32-16(2)25(30)29-15-21-10-8-17(14-28-21)12-19-9-11-22(31-3)23(24(19)27)18-6-5-7-20(26)13-18/h5-11,13-14,16H,4,12,15H2,1-3H3,(H,29,30). The van der Waals surface area contributed by atoms with E-state index in [1.165, 1.54) is 7.11 Å². The average Bonchev–Trinajstić information content (AvgIpc) is 2.79. The highest BCUT2D eigenvalue weighted by Gasteiger charge is 2.17. The summed E-state index contributed by atoms with van der Waals surface area (Å²) in [6.45, 7) is 4.32. The van der Waals surface area contributed by atoms with Gasteiger partial charge in [-0.1, -0.05) is 35.9 Å². The van der Waals surface area contributed by atoms with Crippen LogP contribution in [0, 0.1) is 5.82 Å². The van der Waals surface area contributed by atoms with Crippen molar-refractivity contribution in [1.29, 1.82) is 0 Å². The number of nitrogens with zero attached hydrogens (tertiary/aromatic N) is 1. The van der Waals surface area contributed by atoms with E-state index in [9.17, 15) is 4.79 Å². The molecule has 0 saturated carbocycles. The molecule has 1 amide bonds. The summed E-state index contributed by atoms with van der Waals surface area (Å²) in [6, 6.07) is 14.2. The van der Waals surface area contributed by atoms with Gasteiger partial charge in [-0.2, -0.15) is 0 Å². The first-order valence-electron chi connectivity index (χ1n) is 10.4. The molecule has 32 heavy (non-hydrogen) atoms. The van der Waals surface area contributed by atoms with Crippen LogP contribution < -0.4 is 10.1 Å². The van der Waals surface area contributed by atoms with Crippen LogP contribution in [0.2, 0.25) is 5.02 Å². The van der Waals surface area contributed by atoms with Crippen molar-refractivity contribution < 1.29 is 18.7 Å². The quantitative estimate of drug-likeness (QED) is 0.482. The zero-order valence-electron chi connectivity index (χ0n) is 18.3. The highest BCUT2D eigenvalue weighted by atomic mass is 35.5. The van der Waals surface area contributed by atoms with Gasteiger partial charge in [-0.05, 0) is 54.8 Å². The van der Waals surface area contributed by atoms with Gasteiger partial charge >= 0.3 is 0 Å². The van der Waals surface area contributed by atoms with E-state index < -0.39 is 6.10 Å². The maximum absolute atomic E-state index is 15.4. The normalized spacial score (nSPS) is 11.8. The summed E-state index contributed by atoms with van der Waals surface area (Å²) in [6.07, 6.45) is 1.55. The number of rotatable bonds is 9. The molecule has 3 rings (SSSR count). The number of carbonyl (C=O) groups is 1. The van der Waals surface area contributed by atoms with Crippen LogP contribution in [0.3, 0.4) is 0 Å². The van der Waals surface area contributed by atoms with E-state index in [0.717, 1.165) is 5.56 Å². The maximum Gasteiger partial charge on any atom is 0.249 e. The third-order valence-corrected chi connectivity index (χ3v) is 5.26. The highest BCUT2D eigenvalue weighted by molar-refractivity contribution is 6.30. The number of halogens is 2. The highest BCUT2D eigenvalue weighted by Crippen LogP contribution is 2.36. The molecule has 1 atom stereocenters. The monoisotopic (exact) mass is 456 g/mol. The molecule has 1 N–H and O–H groups in total. The molecule has 0 radical (unpaired) electrons. The molecule has 0 spiro atoms. The van der Waals surface area contributed by atoms with Crippen molar-refractivity contribution in [1.82, 2.24) is 10.3 Å². The number of benzene rings is 2. The molecule has 5 nitrogen and oxygen atoms in total. The smallest absolute Gasteiger partial charge is 0.249 e. The van der Waals surface area contributed by atoms with Crippen LogP contribution >= 0.6 is 11.6 Å². The van der Waals surface area contributed by atoms with Crippen molar-refractivity contribution in [3.05, 3.63) is 82.4 Å². The van der Waals surface area contributed by atoms with Gasteiger partial charge in [-0.25, -0.2) is 4.39 Å². The Morgan fingerprint density at radius 2 is 2.03 bits per heavy atom. The van der Waals surface area contributed by atoms with E-state index in [4.69, 9.17) is 21.1 Å². The van der Waals surface area contributed by atoms with E-state index >= 15 is 4.39 Å². The number of aromatic nitrogens is 1. The molecule has 0 aliphatic rings. The van der Waals surface area contributed by atoms with Crippen LogP contribution in [0.1, 0.15) is 30.7 Å². The Hall–Kier alpha value is -2.96. The van der Waals surface area contributed by atoms with Gasteiger partial charge < -0.3 is 14.8 Å². The molecule has 0 aliphatic carbocycles. The second-order valence-electron chi connectivity index (χ2n) is 7.28. The molecule has 0 saturated heterocycles. The molecule has 0 aliphatic heterocycles. The van der Waals surface area contributed by atoms with Gasteiger partial charge in [0.2, 0.25) is 5.91 Å². The lowest BCUT2D eigenvalue weighted by atomic mass is 9.97. The summed E-state index contributed by atoms with van der Waals surface area (Å²) in [7, 11) is 1.51. The molecule has 0 bridgehead atoms. The predicted octanol–water partition coefficient (Wildman–Crippen LogP) is 5.18. The summed E-state index contributed by atoms with van der Waals surface area (Å²) < 4.78 is 26.1. The van der Waals surface area contributed by atoms with Gasteiger partial charge in [-0.15, -0.1) is 0 Å². The summed E-state index contributed by atoms with van der Waals surface area (Å²) in [5.74, 6) is -0.0987. The zero-order chi connectivity index (χ0) is 23.1. The van der Waals surface area contributed by atoms with Gasteiger partial charge in [0.05, 0.1) is 24.9 Å². The van der Waals surface area contributed by atoms with E-state index in [1.54, 1.807) is 49.5 Å². The van der Waals surface area contributed by atoms with Gasteiger partial charge in [0, 0.05) is 24.2 Å². The van der Waals surface area contributed by atoms with E-state index in [0.29, 0.717) is 52.7 Å². The predicted molar refractivity (Wildman–Crippen MR) is 123 cm³/mol. The number of hydrogen-bond donors (Lipinski definition) is 1. The third-order valence-electron chi connectivity index (χ3n) is 5.03. The number of carbonyl (C=O) groups excluding carboxylic acids is 1. The molecule has 1 heterocycles. The van der Waals surface area contributed by atoms with Crippen LogP contribution in [-0.2, 0) is 22.5 Å². The summed E-state index contributed by atoms with van der Waals surface area (Å²) in [5.41, 5.74) is 3.11. The molecule has 1 unspecified atom stereocenters. The van der Waals surface area contributed by atoms with Crippen LogP contribution in [0.15, 0.2) is 54.7 Å². The van der Waals surface area contributed by atoms with Crippen molar-refractivity contribution in [2.24, 2.45) is 0 Å². The van der Waals surface area contributed by atoms with Crippen LogP contribution in [-0.4, -0.2) is 30.7 Å². The minimum absolute atomic E-state index is 0.188. The molecular formula is C25H26ClFN2O3. The van der Waals surface area contributed by atoms with E-state index in [2.05, 4.69) is 10.3 Å². The van der Waals surface area contributed by atoms with Crippen molar-refractivity contribution in [2.75, 3.05) is 13.7 Å². The van der Waals surface area contributed by atoms with Crippen LogP contribution in [0.4, 0.5) is 4.39 Å². The first-order valence-corrected chi connectivity index (χ1v) is 10.7. The third kappa shape index (κ3) is 5.84. The van der Waals surface area contributed by atoms with Crippen molar-refractivity contribution in [2.45, 2.75) is 32.9 Å². The van der Waals surface area contributed by atoms with E-state index in [-0.39, 0.29) is 11.7 Å². The van der Waals surface area contributed by atoms with Crippen molar-refractivity contribution >= 4 is 17.5 Å². The number of pyridine rings is 1. The molecule has 168 valence electrons. The van der Waals surface area contributed by atoms with Gasteiger partial charge in [0.25, 0.3) is 0 Å². The lowest BCUT2D eigenvalue weighted by Gasteiger charge is -2.14. The van der Waals surface area contributed by atoms with Crippen molar-refractivity contribution in [3.63, 3.8) is 0 Å². The Balaban J connectivity index is 1.75. The number of nitrogens with one attached hydrogen (secondary N) is 1.